The Kier molecular flexibility index (Phi) is 4.82. The lowest BCUT2D eigenvalue weighted by Crippen LogP contribution is -2.37. The second-order valence-electron chi connectivity index (χ2n) is 3.92. The number of nitrogens with zero attached hydrogens (tertiary/aromatic N) is 1. The van der Waals surface area contributed by atoms with Crippen LogP contribution >= 0.6 is 27.3 Å². The third kappa shape index (κ3) is 4.29. The van der Waals surface area contributed by atoms with Crippen LogP contribution < -0.4 is 11.1 Å². The van der Waals surface area contributed by atoms with E-state index in [0.29, 0.717) is 18.6 Å². The number of hydrogen-bond donors (Lipinski definition) is 2. The van der Waals surface area contributed by atoms with Crippen molar-refractivity contribution in [1.29, 1.82) is 0 Å². The molecule has 2 rings (SSSR count). The van der Waals surface area contributed by atoms with Crippen LogP contribution in [0, 0.1) is 0 Å². The zero-order chi connectivity index (χ0) is 12.1. The van der Waals surface area contributed by atoms with Crippen molar-refractivity contribution in [2.45, 2.75) is 25.5 Å². The van der Waals surface area contributed by atoms with Crippen LogP contribution in [0.1, 0.15) is 17.7 Å². The Bertz CT molecular complexity index is 388. The van der Waals surface area contributed by atoms with E-state index in [1.807, 2.05) is 12.1 Å². The van der Waals surface area contributed by atoms with Crippen molar-refractivity contribution >= 4 is 33.2 Å². The summed E-state index contributed by atoms with van der Waals surface area (Å²) in [5.74, 6) is 0.491. The maximum Gasteiger partial charge on any atom is 0.189 e. The number of aliphatic imine (C=N–C) groups is 1. The van der Waals surface area contributed by atoms with E-state index in [1.165, 1.54) is 4.88 Å². The minimum absolute atomic E-state index is 0.291. The van der Waals surface area contributed by atoms with Gasteiger partial charge in [0.05, 0.1) is 16.4 Å². The van der Waals surface area contributed by atoms with Gasteiger partial charge in [-0.2, -0.15) is 0 Å². The topological polar surface area (TPSA) is 59.6 Å². The van der Waals surface area contributed by atoms with E-state index < -0.39 is 0 Å². The molecule has 0 spiro atoms. The summed E-state index contributed by atoms with van der Waals surface area (Å²) in [5, 5.41) is 3.10. The molecule has 0 bridgehead atoms. The van der Waals surface area contributed by atoms with Crippen LogP contribution in [0.25, 0.3) is 0 Å². The number of hydrogen-bond acceptors (Lipinski definition) is 3. The molecule has 1 atom stereocenters. The summed E-state index contributed by atoms with van der Waals surface area (Å²) < 4.78 is 6.61. The Morgan fingerprint density at radius 3 is 3.18 bits per heavy atom. The maximum atomic E-state index is 5.78. The Morgan fingerprint density at radius 1 is 1.65 bits per heavy atom. The number of rotatable bonds is 4. The molecular weight excluding hydrogens is 302 g/mol. The Labute approximate surface area is 113 Å². The van der Waals surface area contributed by atoms with Gasteiger partial charge in [-0.1, -0.05) is 0 Å². The molecule has 1 aliphatic heterocycles. The van der Waals surface area contributed by atoms with Crippen LogP contribution in [0.15, 0.2) is 20.9 Å². The van der Waals surface area contributed by atoms with Gasteiger partial charge in [0.25, 0.3) is 0 Å². The van der Waals surface area contributed by atoms with E-state index >= 15 is 0 Å². The quantitative estimate of drug-likeness (QED) is 0.660. The first-order valence-electron chi connectivity index (χ1n) is 5.63. The van der Waals surface area contributed by atoms with Crippen LogP contribution in [0.3, 0.4) is 0 Å². The van der Waals surface area contributed by atoms with Gasteiger partial charge in [0.15, 0.2) is 5.96 Å². The second kappa shape index (κ2) is 6.37. The lowest BCUT2D eigenvalue weighted by molar-refractivity contribution is 0.114. The van der Waals surface area contributed by atoms with Crippen molar-refractivity contribution in [3.8, 4) is 0 Å². The molecule has 6 heteroatoms. The summed E-state index contributed by atoms with van der Waals surface area (Å²) in [5.41, 5.74) is 5.78. The first-order chi connectivity index (χ1) is 8.24. The van der Waals surface area contributed by atoms with E-state index in [4.69, 9.17) is 10.5 Å². The Balaban J connectivity index is 1.73. The van der Waals surface area contributed by atoms with E-state index in [9.17, 15) is 0 Å². The van der Waals surface area contributed by atoms with Gasteiger partial charge in [-0.3, -0.25) is 0 Å². The minimum atomic E-state index is 0.291. The van der Waals surface area contributed by atoms with Crippen LogP contribution in [0.5, 0.6) is 0 Å². The highest BCUT2D eigenvalue weighted by molar-refractivity contribution is 9.11. The van der Waals surface area contributed by atoms with Gasteiger partial charge in [0.1, 0.15) is 0 Å². The zero-order valence-electron chi connectivity index (χ0n) is 9.49. The van der Waals surface area contributed by atoms with Gasteiger partial charge >= 0.3 is 0 Å². The largest absolute Gasteiger partial charge is 0.376 e. The van der Waals surface area contributed by atoms with Gasteiger partial charge in [-0.25, -0.2) is 4.99 Å². The number of guanidine groups is 1. The summed E-state index contributed by atoms with van der Waals surface area (Å²) in [6, 6.07) is 4.07. The predicted molar refractivity (Wildman–Crippen MR) is 74.3 cm³/mol. The van der Waals surface area contributed by atoms with Gasteiger partial charge in [0, 0.05) is 18.0 Å². The van der Waals surface area contributed by atoms with Crippen molar-refractivity contribution in [3.05, 3.63) is 20.8 Å². The highest BCUT2D eigenvalue weighted by Gasteiger charge is 2.14. The molecule has 2 heterocycles. The molecular formula is C11H16BrN3OS. The molecule has 1 unspecified atom stereocenters. The molecule has 17 heavy (non-hydrogen) atoms. The van der Waals surface area contributed by atoms with Crippen LogP contribution in [-0.4, -0.2) is 25.2 Å². The summed E-state index contributed by atoms with van der Waals surface area (Å²) in [6.45, 7) is 2.25. The van der Waals surface area contributed by atoms with Gasteiger partial charge in [-0.15, -0.1) is 11.3 Å². The average Bonchev–Trinajstić information content (AvgIpc) is 2.95. The second-order valence-corrected chi connectivity index (χ2v) is 6.47. The van der Waals surface area contributed by atoms with Gasteiger partial charge in [-0.05, 0) is 40.9 Å². The van der Waals surface area contributed by atoms with Crippen molar-refractivity contribution in [2.75, 3.05) is 13.2 Å². The molecule has 0 aliphatic carbocycles. The van der Waals surface area contributed by atoms with Crippen LogP contribution in [-0.2, 0) is 11.3 Å². The first kappa shape index (κ1) is 12.9. The smallest absolute Gasteiger partial charge is 0.189 e. The monoisotopic (exact) mass is 317 g/mol. The molecule has 4 nitrogen and oxygen atoms in total. The number of nitrogens with one attached hydrogen (secondary N) is 1. The molecule has 94 valence electrons. The molecule has 1 fully saturated rings. The van der Waals surface area contributed by atoms with E-state index in [2.05, 4.69) is 26.2 Å². The molecule has 0 amide bonds. The number of nitrogens with two attached hydrogens (primary N) is 1. The summed E-state index contributed by atoms with van der Waals surface area (Å²) >= 11 is 5.10. The number of thiophene rings is 1. The highest BCUT2D eigenvalue weighted by Crippen LogP contribution is 2.22. The fourth-order valence-corrected chi connectivity index (χ4v) is 3.09. The Morgan fingerprint density at radius 2 is 2.53 bits per heavy atom. The maximum absolute atomic E-state index is 5.78. The first-order valence-corrected chi connectivity index (χ1v) is 7.24. The minimum Gasteiger partial charge on any atom is -0.376 e. The van der Waals surface area contributed by atoms with E-state index in [-0.39, 0.29) is 0 Å². The lowest BCUT2D eigenvalue weighted by atomic mass is 10.2. The summed E-state index contributed by atoms with van der Waals surface area (Å²) in [7, 11) is 0. The molecule has 0 radical (unpaired) electrons. The molecule has 1 aromatic rings. The van der Waals surface area contributed by atoms with Gasteiger partial charge < -0.3 is 15.8 Å². The van der Waals surface area contributed by atoms with Crippen molar-refractivity contribution in [1.82, 2.24) is 5.32 Å². The normalized spacial score (nSPS) is 20.8. The number of halogens is 1. The summed E-state index contributed by atoms with van der Waals surface area (Å²) in [4.78, 5) is 5.48. The number of ether oxygens (including phenoxy) is 1. The molecule has 1 aliphatic rings. The predicted octanol–water partition coefficient (Wildman–Crippen LogP) is 2.09. The third-order valence-corrected chi connectivity index (χ3v) is 4.18. The Hall–Kier alpha value is -0.590. The SMILES string of the molecule is NC(=NCc1ccc(Br)s1)NCC1CCCO1. The molecule has 1 saturated heterocycles. The van der Waals surface area contributed by atoms with Gasteiger partial charge in [0.2, 0.25) is 0 Å². The average molecular weight is 318 g/mol. The lowest BCUT2D eigenvalue weighted by Gasteiger charge is -2.10. The molecule has 0 saturated carbocycles. The molecule has 3 N–H and O–H groups in total. The van der Waals surface area contributed by atoms with Crippen molar-refractivity contribution in [2.24, 2.45) is 10.7 Å². The van der Waals surface area contributed by atoms with Crippen LogP contribution in [0.4, 0.5) is 0 Å². The van der Waals surface area contributed by atoms with Crippen molar-refractivity contribution < 1.29 is 4.74 Å². The van der Waals surface area contributed by atoms with E-state index in [0.717, 1.165) is 29.8 Å². The highest BCUT2D eigenvalue weighted by atomic mass is 79.9. The fraction of sp³-hybridized carbons (Fsp3) is 0.545. The van der Waals surface area contributed by atoms with E-state index in [1.54, 1.807) is 11.3 Å². The fourth-order valence-electron chi connectivity index (χ4n) is 1.68. The third-order valence-electron chi connectivity index (χ3n) is 2.57. The van der Waals surface area contributed by atoms with Crippen LogP contribution in [0.2, 0.25) is 0 Å². The zero-order valence-corrected chi connectivity index (χ0v) is 11.9. The summed E-state index contributed by atoms with van der Waals surface area (Å²) in [6.07, 6.45) is 2.55. The molecule has 1 aromatic heterocycles. The molecule has 0 aromatic carbocycles. The van der Waals surface area contributed by atoms with Crippen molar-refractivity contribution in [3.63, 3.8) is 0 Å². The standard InChI is InChI=1S/C11H16BrN3OS/c12-10-4-3-9(17-10)7-15-11(13)14-6-8-2-1-5-16-8/h3-4,8H,1-2,5-7H2,(H3,13,14,15).